The number of aromatic amines is 1. The van der Waals surface area contributed by atoms with Gasteiger partial charge in [-0.25, -0.2) is 4.98 Å². The molecule has 1 aliphatic heterocycles. The molecule has 5 heteroatoms. The number of carbonyl (C=O) groups is 1. The van der Waals surface area contributed by atoms with Crippen LogP contribution in [0.4, 0.5) is 5.82 Å². The van der Waals surface area contributed by atoms with Crippen molar-refractivity contribution < 1.29 is 9.90 Å². The van der Waals surface area contributed by atoms with Crippen LogP contribution >= 0.6 is 0 Å². The summed E-state index contributed by atoms with van der Waals surface area (Å²) in [6, 6.07) is 2.03. The van der Waals surface area contributed by atoms with Gasteiger partial charge in [-0.3, -0.25) is 4.79 Å². The Bertz CT molecular complexity index is 800. The van der Waals surface area contributed by atoms with Crippen LogP contribution in [0.5, 0.6) is 5.75 Å². The van der Waals surface area contributed by atoms with Crippen molar-refractivity contribution in [3.63, 3.8) is 0 Å². The summed E-state index contributed by atoms with van der Waals surface area (Å²) in [7, 11) is 0. The first-order valence-electron chi connectivity index (χ1n) is 6.78. The van der Waals surface area contributed by atoms with Gasteiger partial charge < -0.3 is 15.4 Å². The van der Waals surface area contributed by atoms with Crippen molar-refractivity contribution in [3.05, 3.63) is 39.8 Å². The first kappa shape index (κ1) is 13.4. The zero-order valence-corrected chi connectivity index (χ0v) is 12.5. The standard InChI is InChI=1S/C16H17N3O2/c1-7-5-8(2)17-12(7)6-11-13-9(3)14(20)10(4)18-15(13)19-16(11)21/h5-6,17,20H,1-4H3,(H,18,19,21)/b11-6-. The van der Waals surface area contributed by atoms with Gasteiger partial charge in [-0.1, -0.05) is 0 Å². The van der Waals surface area contributed by atoms with Crippen molar-refractivity contribution in [3.8, 4) is 5.75 Å². The molecule has 3 rings (SSSR count). The fourth-order valence-electron chi connectivity index (χ4n) is 2.73. The van der Waals surface area contributed by atoms with Crippen LogP contribution in [0, 0.1) is 27.7 Å². The van der Waals surface area contributed by atoms with E-state index in [4.69, 9.17) is 0 Å². The lowest BCUT2D eigenvalue weighted by molar-refractivity contribution is -0.110. The Kier molecular flexibility index (Phi) is 2.86. The minimum Gasteiger partial charge on any atom is -0.506 e. The maximum atomic E-state index is 12.2. The number of rotatable bonds is 1. The Morgan fingerprint density at radius 2 is 1.95 bits per heavy atom. The average molecular weight is 283 g/mol. The minimum atomic E-state index is -0.197. The Balaban J connectivity index is 2.22. The molecule has 0 saturated carbocycles. The van der Waals surface area contributed by atoms with E-state index in [-0.39, 0.29) is 11.7 Å². The van der Waals surface area contributed by atoms with E-state index in [0.717, 1.165) is 17.0 Å². The van der Waals surface area contributed by atoms with Gasteiger partial charge in [-0.15, -0.1) is 0 Å². The molecule has 2 aromatic rings. The van der Waals surface area contributed by atoms with Crippen LogP contribution < -0.4 is 5.32 Å². The number of pyridine rings is 1. The number of carbonyl (C=O) groups excluding carboxylic acids is 1. The molecule has 1 aliphatic rings. The van der Waals surface area contributed by atoms with E-state index in [1.54, 1.807) is 13.8 Å². The third-order valence-electron chi connectivity index (χ3n) is 3.81. The fraction of sp³-hybridized carbons (Fsp3) is 0.250. The predicted octanol–water partition coefficient (Wildman–Crippen LogP) is 2.84. The normalized spacial score (nSPS) is 15.4. The average Bonchev–Trinajstić information content (AvgIpc) is 2.88. The second-order valence-electron chi connectivity index (χ2n) is 5.46. The number of H-pyrrole nitrogens is 1. The second-order valence-corrected chi connectivity index (χ2v) is 5.46. The number of aryl methyl sites for hydroxylation is 3. The Hall–Kier alpha value is -2.56. The maximum Gasteiger partial charge on any atom is 0.257 e. The Labute approximate surface area is 122 Å². The van der Waals surface area contributed by atoms with Gasteiger partial charge in [0.15, 0.2) is 0 Å². The molecule has 0 aromatic carbocycles. The van der Waals surface area contributed by atoms with E-state index in [0.29, 0.717) is 28.2 Å². The molecule has 2 aromatic heterocycles. The van der Waals surface area contributed by atoms with Crippen molar-refractivity contribution in [1.29, 1.82) is 0 Å². The first-order chi connectivity index (χ1) is 9.88. The molecule has 3 N–H and O–H groups in total. The molecule has 5 nitrogen and oxygen atoms in total. The molecule has 1 amide bonds. The molecule has 0 bridgehead atoms. The van der Waals surface area contributed by atoms with Crippen LogP contribution in [0.25, 0.3) is 11.6 Å². The summed E-state index contributed by atoms with van der Waals surface area (Å²) in [6.45, 7) is 7.47. The van der Waals surface area contributed by atoms with Gasteiger partial charge in [0.1, 0.15) is 11.6 Å². The molecule has 0 saturated heterocycles. The summed E-state index contributed by atoms with van der Waals surface area (Å²) in [5.41, 5.74) is 5.39. The van der Waals surface area contributed by atoms with Crippen LogP contribution in [-0.2, 0) is 4.79 Å². The summed E-state index contributed by atoms with van der Waals surface area (Å²) >= 11 is 0. The van der Waals surface area contributed by atoms with Crippen molar-refractivity contribution >= 4 is 23.4 Å². The molecule has 0 spiro atoms. The zero-order valence-electron chi connectivity index (χ0n) is 12.5. The molecule has 21 heavy (non-hydrogen) atoms. The lowest BCUT2D eigenvalue weighted by Gasteiger charge is -2.08. The van der Waals surface area contributed by atoms with Crippen LogP contribution in [0.3, 0.4) is 0 Å². The Morgan fingerprint density at radius 3 is 2.57 bits per heavy atom. The molecular weight excluding hydrogens is 266 g/mol. The summed E-state index contributed by atoms with van der Waals surface area (Å²) in [6.07, 6.45) is 1.81. The number of amides is 1. The SMILES string of the molecule is Cc1cc(C)c(/C=C2\C(=O)Nc3nc(C)c(O)c(C)c32)[nH]1. The van der Waals surface area contributed by atoms with E-state index >= 15 is 0 Å². The highest BCUT2D eigenvalue weighted by Gasteiger charge is 2.29. The largest absolute Gasteiger partial charge is 0.506 e. The van der Waals surface area contributed by atoms with Gasteiger partial charge in [-0.05, 0) is 45.4 Å². The summed E-state index contributed by atoms with van der Waals surface area (Å²) in [5.74, 6) is 0.452. The third kappa shape index (κ3) is 2.01. The predicted molar refractivity (Wildman–Crippen MR) is 82.1 cm³/mol. The first-order valence-corrected chi connectivity index (χ1v) is 6.78. The minimum absolute atomic E-state index is 0.135. The Morgan fingerprint density at radius 1 is 1.24 bits per heavy atom. The fourth-order valence-corrected chi connectivity index (χ4v) is 2.73. The van der Waals surface area contributed by atoms with Gasteiger partial charge in [0.25, 0.3) is 5.91 Å². The van der Waals surface area contributed by atoms with Gasteiger partial charge in [0.2, 0.25) is 0 Å². The quantitative estimate of drug-likeness (QED) is 0.704. The molecule has 0 aliphatic carbocycles. The van der Waals surface area contributed by atoms with E-state index in [1.807, 2.05) is 26.0 Å². The summed E-state index contributed by atoms with van der Waals surface area (Å²) in [5, 5.41) is 12.8. The van der Waals surface area contributed by atoms with Gasteiger partial charge in [-0.2, -0.15) is 0 Å². The summed E-state index contributed by atoms with van der Waals surface area (Å²) < 4.78 is 0. The molecule has 0 fully saturated rings. The highest BCUT2D eigenvalue weighted by molar-refractivity contribution is 6.34. The van der Waals surface area contributed by atoms with Crippen molar-refractivity contribution in [2.75, 3.05) is 5.32 Å². The lowest BCUT2D eigenvalue weighted by atomic mass is 10.0. The molecular formula is C16H17N3O2. The molecule has 108 valence electrons. The van der Waals surface area contributed by atoms with E-state index in [9.17, 15) is 9.90 Å². The number of nitrogens with one attached hydrogen (secondary N) is 2. The van der Waals surface area contributed by atoms with Crippen molar-refractivity contribution in [2.45, 2.75) is 27.7 Å². The van der Waals surface area contributed by atoms with Crippen LogP contribution in [0.15, 0.2) is 6.07 Å². The topological polar surface area (TPSA) is 78.0 Å². The zero-order chi connectivity index (χ0) is 15.3. The van der Waals surface area contributed by atoms with E-state index in [2.05, 4.69) is 15.3 Å². The smallest absolute Gasteiger partial charge is 0.257 e. The van der Waals surface area contributed by atoms with E-state index < -0.39 is 0 Å². The van der Waals surface area contributed by atoms with Gasteiger partial charge in [0, 0.05) is 22.5 Å². The van der Waals surface area contributed by atoms with Crippen LogP contribution in [0.2, 0.25) is 0 Å². The molecule has 3 heterocycles. The van der Waals surface area contributed by atoms with E-state index in [1.165, 1.54) is 0 Å². The van der Waals surface area contributed by atoms with Crippen molar-refractivity contribution in [2.24, 2.45) is 0 Å². The number of nitrogens with zero attached hydrogens (tertiary/aromatic N) is 1. The second kappa shape index (κ2) is 4.48. The number of fused-ring (bicyclic) bond motifs is 1. The maximum absolute atomic E-state index is 12.2. The number of anilines is 1. The number of aromatic hydroxyl groups is 1. The third-order valence-corrected chi connectivity index (χ3v) is 3.81. The van der Waals surface area contributed by atoms with Crippen LogP contribution in [0.1, 0.15) is 33.8 Å². The number of hydrogen-bond acceptors (Lipinski definition) is 3. The molecule has 0 radical (unpaired) electrons. The number of hydrogen-bond donors (Lipinski definition) is 3. The van der Waals surface area contributed by atoms with Gasteiger partial charge in [0.05, 0.1) is 11.3 Å². The van der Waals surface area contributed by atoms with Gasteiger partial charge >= 0.3 is 0 Å². The number of aromatic nitrogens is 2. The van der Waals surface area contributed by atoms with Crippen molar-refractivity contribution in [1.82, 2.24) is 9.97 Å². The molecule has 0 unspecified atom stereocenters. The summed E-state index contributed by atoms with van der Waals surface area (Å²) in [4.78, 5) is 19.7. The highest BCUT2D eigenvalue weighted by atomic mass is 16.3. The van der Waals surface area contributed by atoms with Crippen LogP contribution in [-0.4, -0.2) is 21.0 Å². The molecule has 0 atom stereocenters. The highest BCUT2D eigenvalue weighted by Crippen LogP contribution is 2.39. The monoisotopic (exact) mass is 283 g/mol. The lowest BCUT2D eigenvalue weighted by Crippen LogP contribution is -2.04.